The summed E-state index contributed by atoms with van der Waals surface area (Å²) in [7, 11) is 0. The van der Waals surface area contributed by atoms with Gasteiger partial charge in [-0.15, -0.1) is 0 Å². The Kier molecular flexibility index (Phi) is 3.50. The Hall–Kier alpha value is -3.21. The van der Waals surface area contributed by atoms with Gasteiger partial charge in [-0.1, -0.05) is 48.5 Å². The molecule has 4 rings (SSSR count). The molecule has 124 valence electrons. The van der Waals surface area contributed by atoms with Gasteiger partial charge in [0.2, 0.25) is 0 Å². The Morgan fingerprint density at radius 1 is 1.00 bits per heavy atom. The highest BCUT2D eigenvalue weighted by molar-refractivity contribution is 6.07. The van der Waals surface area contributed by atoms with Gasteiger partial charge >= 0.3 is 6.03 Å². The van der Waals surface area contributed by atoms with E-state index in [0.717, 1.165) is 16.3 Å². The molecule has 1 fully saturated rings. The number of aromatic nitrogens is 1. The van der Waals surface area contributed by atoms with Crippen LogP contribution < -0.4 is 5.32 Å². The van der Waals surface area contributed by atoms with Gasteiger partial charge in [0.25, 0.3) is 5.91 Å². The number of hydrogen-bond acceptors (Lipinski definition) is 3. The number of nitrogens with zero attached hydrogens (tertiary/aromatic N) is 2. The first-order valence-corrected chi connectivity index (χ1v) is 8.12. The quantitative estimate of drug-likeness (QED) is 0.750. The van der Waals surface area contributed by atoms with Crippen LogP contribution in [0.15, 0.2) is 66.9 Å². The average molecular weight is 331 g/mol. The Morgan fingerprint density at radius 2 is 1.76 bits per heavy atom. The summed E-state index contributed by atoms with van der Waals surface area (Å²) in [5.41, 5.74) is 0.337. The summed E-state index contributed by atoms with van der Waals surface area (Å²) in [6.45, 7) is 1.92. The van der Waals surface area contributed by atoms with E-state index in [9.17, 15) is 9.59 Å². The molecule has 0 aliphatic carbocycles. The zero-order chi connectivity index (χ0) is 17.4. The van der Waals surface area contributed by atoms with Gasteiger partial charge in [-0.3, -0.25) is 14.7 Å². The van der Waals surface area contributed by atoms with Crippen LogP contribution in [-0.4, -0.2) is 21.8 Å². The third kappa shape index (κ3) is 2.45. The monoisotopic (exact) mass is 331 g/mol. The van der Waals surface area contributed by atoms with Gasteiger partial charge in [-0.05, 0) is 35.4 Å². The summed E-state index contributed by atoms with van der Waals surface area (Å²) in [5.74, 6) is -0.288. The highest BCUT2D eigenvalue weighted by atomic mass is 16.2. The highest BCUT2D eigenvalue weighted by Crippen LogP contribution is 2.29. The Bertz CT molecular complexity index is 966. The second-order valence-corrected chi connectivity index (χ2v) is 6.30. The van der Waals surface area contributed by atoms with E-state index in [0.29, 0.717) is 5.69 Å². The van der Waals surface area contributed by atoms with Crippen molar-refractivity contribution in [2.24, 2.45) is 0 Å². The molecule has 1 N–H and O–H groups in total. The molecule has 25 heavy (non-hydrogen) atoms. The van der Waals surface area contributed by atoms with Crippen molar-refractivity contribution >= 4 is 22.7 Å². The number of rotatable bonds is 3. The predicted octanol–water partition coefficient (Wildman–Crippen LogP) is 3.20. The number of hydrogen-bond donors (Lipinski definition) is 1. The summed E-state index contributed by atoms with van der Waals surface area (Å²) < 4.78 is 0. The number of imide groups is 1. The molecule has 2 aromatic carbocycles. The molecule has 2 heterocycles. The average Bonchev–Trinajstić information content (AvgIpc) is 2.87. The maximum Gasteiger partial charge on any atom is 0.325 e. The molecule has 5 nitrogen and oxygen atoms in total. The Balaban J connectivity index is 1.70. The first kappa shape index (κ1) is 15.3. The molecule has 1 aromatic heterocycles. The van der Waals surface area contributed by atoms with Crippen LogP contribution in [-0.2, 0) is 16.9 Å². The van der Waals surface area contributed by atoms with E-state index in [-0.39, 0.29) is 12.5 Å². The smallest absolute Gasteiger partial charge is 0.318 e. The number of carbonyl (C=O) groups excluding carboxylic acids is 2. The maximum absolute atomic E-state index is 13.0. The molecule has 0 bridgehead atoms. The third-order valence-electron chi connectivity index (χ3n) is 4.66. The minimum atomic E-state index is -1.14. The van der Waals surface area contributed by atoms with Crippen molar-refractivity contribution in [3.05, 3.63) is 78.1 Å². The van der Waals surface area contributed by atoms with Crippen molar-refractivity contribution in [3.63, 3.8) is 0 Å². The summed E-state index contributed by atoms with van der Waals surface area (Å²) >= 11 is 0. The molecule has 3 amide bonds. The largest absolute Gasteiger partial charge is 0.325 e. The summed E-state index contributed by atoms with van der Waals surface area (Å²) in [5, 5.41) is 4.91. The van der Waals surface area contributed by atoms with Crippen LogP contribution in [0.3, 0.4) is 0 Å². The number of amides is 3. The van der Waals surface area contributed by atoms with Crippen molar-refractivity contribution < 1.29 is 9.59 Å². The van der Waals surface area contributed by atoms with Crippen LogP contribution >= 0.6 is 0 Å². The molecule has 5 heteroatoms. The fourth-order valence-corrected chi connectivity index (χ4v) is 3.27. The van der Waals surface area contributed by atoms with Gasteiger partial charge in [-0.25, -0.2) is 4.79 Å². The Morgan fingerprint density at radius 3 is 2.56 bits per heavy atom. The van der Waals surface area contributed by atoms with Crippen molar-refractivity contribution in [1.82, 2.24) is 15.2 Å². The van der Waals surface area contributed by atoms with E-state index in [2.05, 4.69) is 10.3 Å². The number of nitrogens with one attached hydrogen (secondary N) is 1. The van der Waals surface area contributed by atoms with E-state index >= 15 is 0 Å². The number of fused-ring (bicyclic) bond motifs is 1. The van der Waals surface area contributed by atoms with Gasteiger partial charge in [0.05, 0.1) is 12.2 Å². The highest BCUT2D eigenvalue weighted by Gasteiger charge is 2.49. The summed E-state index contributed by atoms with van der Waals surface area (Å²) in [6.07, 6.45) is 1.62. The number of carbonyl (C=O) groups is 2. The molecule has 0 saturated carbocycles. The van der Waals surface area contributed by atoms with E-state index in [1.165, 1.54) is 4.90 Å². The number of benzene rings is 2. The maximum atomic E-state index is 13.0. The van der Waals surface area contributed by atoms with Gasteiger partial charge in [0, 0.05) is 6.20 Å². The minimum absolute atomic E-state index is 0.231. The van der Waals surface area contributed by atoms with E-state index in [1.54, 1.807) is 31.3 Å². The molecule has 1 unspecified atom stereocenters. The topological polar surface area (TPSA) is 62.3 Å². The number of urea groups is 1. The van der Waals surface area contributed by atoms with Crippen LogP contribution in [0.5, 0.6) is 0 Å². The van der Waals surface area contributed by atoms with Crippen LogP contribution in [0, 0.1) is 0 Å². The molecule has 1 saturated heterocycles. The first-order chi connectivity index (χ1) is 12.1. The van der Waals surface area contributed by atoms with Crippen molar-refractivity contribution in [1.29, 1.82) is 0 Å². The fraction of sp³-hybridized carbons (Fsp3) is 0.150. The summed E-state index contributed by atoms with van der Waals surface area (Å²) in [6, 6.07) is 18.8. The van der Waals surface area contributed by atoms with E-state index < -0.39 is 11.6 Å². The third-order valence-corrected chi connectivity index (χ3v) is 4.66. The second kappa shape index (κ2) is 5.70. The molecule has 0 spiro atoms. The molecular weight excluding hydrogens is 314 g/mol. The lowest BCUT2D eigenvalue weighted by molar-refractivity contribution is -0.131. The lowest BCUT2D eigenvalue weighted by Gasteiger charge is -2.21. The van der Waals surface area contributed by atoms with Crippen LogP contribution in [0.25, 0.3) is 10.8 Å². The fourth-order valence-electron chi connectivity index (χ4n) is 3.27. The molecule has 1 atom stereocenters. The van der Waals surface area contributed by atoms with Crippen LogP contribution in [0.2, 0.25) is 0 Å². The van der Waals surface area contributed by atoms with Crippen LogP contribution in [0.4, 0.5) is 4.79 Å². The zero-order valence-corrected chi connectivity index (χ0v) is 13.8. The minimum Gasteiger partial charge on any atom is -0.318 e. The number of pyridine rings is 1. The lowest BCUT2D eigenvalue weighted by atomic mass is 9.97. The first-order valence-electron chi connectivity index (χ1n) is 8.12. The van der Waals surface area contributed by atoms with Gasteiger partial charge in [0.15, 0.2) is 5.54 Å². The second-order valence-electron chi connectivity index (χ2n) is 6.30. The van der Waals surface area contributed by atoms with E-state index in [4.69, 9.17) is 0 Å². The molecule has 1 aliphatic rings. The summed E-state index contributed by atoms with van der Waals surface area (Å²) in [4.78, 5) is 31.0. The van der Waals surface area contributed by atoms with Gasteiger partial charge in [-0.2, -0.15) is 0 Å². The standard InChI is InChI=1S/C20H17N3O2/c1-20(17-11-4-5-12-21-17)18(24)23(19(25)22-20)13-15-9-6-8-14-7-2-3-10-16(14)15/h2-12H,13H2,1H3,(H,22,25). The molecule has 0 radical (unpaired) electrons. The lowest BCUT2D eigenvalue weighted by Crippen LogP contribution is -2.41. The normalized spacial score (nSPS) is 20.1. The van der Waals surface area contributed by atoms with E-state index in [1.807, 2.05) is 42.5 Å². The zero-order valence-electron chi connectivity index (χ0n) is 13.8. The van der Waals surface area contributed by atoms with Crippen molar-refractivity contribution in [3.8, 4) is 0 Å². The molecule has 1 aliphatic heterocycles. The van der Waals surface area contributed by atoms with Gasteiger partial charge in [0.1, 0.15) is 0 Å². The van der Waals surface area contributed by atoms with Crippen molar-refractivity contribution in [2.75, 3.05) is 0 Å². The van der Waals surface area contributed by atoms with Crippen LogP contribution in [0.1, 0.15) is 18.2 Å². The Labute approximate surface area is 145 Å². The van der Waals surface area contributed by atoms with Crippen molar-refractivity contribution in [2.45, 2.75) is 19.0 Å². The molecular formula is C20H17N3O2. The van der Waals surface area contributed by atoms with Gasteiger partial charge < -0.3 is 5.32 Å². The predicted molar refractivity (Wildman–Crippen MR) is 94.6 cm³/mol. The SMILES string of the molecule is CC1(c2ccccn2)NC(=O)N(Cc2cccc3ccccc23)C1=O. The molecule has 3 aromatic rings.